The number of benzene rings is 3. The summed E-state index contributed by atoms with van der Waals surface area (Å²) >= 11 is 5.89. The Labute approximate surface area is 162 Å². The van der Waals surface area contributed by atoms with Gasteiger partial charge in [-0.1, -0.05) is 41.9 Å². The molecule has 3 rings (SSSR count). The number of hydrogen-bond acceptors (Lipinski definition) is 3. The van der Waals surface area contributed by atoms with Crippen LogP contribution in [-0.2, 0) is 6.42 Å². The molecule has 136 valence electrons. The summed E-state index contributed by atoms with van der Waals surface area (Å²) in [6.45, 7) is 1.36. The van der Waals surface area contributed by atoms with Crippen LogP contribution in [0.3, 0.4) is 0 Å². The summed E-state index contributed by atoms with van der Waals surface area (Å²) in [5.74, 6) is -0.850. The summed E-state index contributed by atoms with van der Waals surface area (Å²) in [6, 6.07) is 19.5. The van der Waals surface area contributed by atoms with E-state index in [9.17, 15) is 14.7 Å². The van der Waals surface area contributed by atoms with Crippen molar-refractivity contribution in [2.75, 3.05) is 5.32 Å². The second-order valence-electron chi connectivity index (χ2n) is 6.21. The smallest absolute Gasteiger partial charge is 0.255 e. The van der Waals surface area contributed by atoms with Crippen LogP contribution in [0.25, 0.3) is 0 Å². The Morgan fingerprint density at radius 2 is 1.52 bits per heavy atom. The molecule has 0 fully saturated rings. The number of anilines is 1. The van der Waals surface area contributed by atoms with E-state index < -0.39 is 0 Å². The third-order valence-corrected chi connectivity index (χ3v) is 4.45. The predicted octanol–water partition coefficient (Wildman–Crippen LogP) is 5.09. The molecule has 0 radical (unpaired) electrons. The lowest BCUT2D eigenvalue weighted by molar-refractivity contribution is 0.100. The van der Waals surface area contributed by atoms with E-state index in [4.69, 9.17) is 11.6 Å². The Bertz CT molecular complexity index is 979. The van der Waals surface area contributed by atoms with Gasteiger partial charge in [0, 0.05) is 10.6 Å². The first-order chi connectivity index (χ1) is 12.9. The summed E-state index contributed by atoms with van der Waals surface area (Å²) in [6.07, 6.45) is 0.737. The molecule has 0 atom stereocenters. The summed E-state index contributed by atoms with van der Waals surface area (Å²) < 4.78 is 0. The zero-order valence-electron chi connectivity index (χ0n) is 14.7. The van der Waals surface area contributed by atoms with Crippen LogP contribution in [0, 0.1) is 0 Å². The highest BCUT2D eigenvalue weighted by molar-refractivity contribution is 6.30. The first kappa shape index (κ1) is 18.7. The van der Waals surface area contributed by atoms with Crippen molar-refractivity contribution in [1.82, 2.24) is 0 Å². The average Bonchev–Trinajstić information content (AvgIpc) is 2.65. The van der Waals surface area contributed by atoms with Gasteiger partial charge in [0.25, 0.3) is 5.91 Å². The van der Waals surface area contributed by atoms with Crippen molar-refractivity contribution < 1.29 is 14.7 Å². The van der Waals surface area contributed by atoms with Gasteiger partial charge in [0.05, 0.1) is 11.3 Å². The normalized spacial score (nSPS) is 10.4. The van der Waals surface area contributed by atoms with Crippen molar-refractivity contribution in [2.24, 2.45) is 0 Å². The second-order valence-corrected chi connectivity index (χ2v) is 6.65. The molecule has 3 aromatic carbocycles. The minimum absolute atomic E-state index is 0.172. The molecular formula is C22H18ClNO3. The number of carbonyl (C=O) groups is 2. The number of ketones is 1. The molecule has 0 heterocycles. The number of Topliss-reactive ketones (excluding diaryl/α,β-unsaturated/α-hetero) is 1. The van der Waals surface area contributed by atoms with E-state index in [-0.39, 0.29) is 28.7 Å². The third-order valence-electron chi connectivity index (χ3n) is 4.20. The molecule has 0 aliphatic heterocycles. The molecule has 0 saturated heterocycles. The van der Waals surface area contributed by atoms with Crippen LogP contribution in [0.15, 0.2) is 66.7 Å². The molecule has 5 heteroatoms. The number of halogens is 1. The van der Waals surface area contributed by atoms with Gasteiger partial charge in [-0.05, 0) is 60.9 Å². The molecule has 1 amide bonds. The molecule has 4 nitrogen and oxygen atoms in total. The minimum Gasteiger partial charge on any atom is -0.505 e. The summed E-state index contributed by atoms with van der Waals surface area (Å²) in [7, 11) is 0. The van der Waals surface area contributed by atoms with Crippen LogP contribution in [0.1, 0.15) is 38.8 Å². The number of phenols is 1. The van der Waals surface area contributed by atoms with Crippen LogP contribution in [-0.4, -0.2) is 16.8 Å². The van der Waals surface area contributed by atoms with Crippen molar-refractivity contribution in [2.45, 2.75) is 13.3 Å². The van der Waals surface area contributed by atoms with Crippen LogP contribution in [0.4, 0.5) is 5.69 Å². The first-order valence-corrected chi connectivity index (χ1v) is 8.79. The van der Waals surface area contributed by atoms with Crippen molar-refractivity contribution in [3.8, 4) is 5.75 Å². The van der Waals surface area contributed by atoms with Gasteiger partial charge in [-0.15, -0.1) is 0 Å². The van der Waals surface area contributed by atoms with Crippen molar-refractivity contribution in [3.63, 3.8) is 0 Å². The highest BCUT2D eigenvalue weighted by atomic mass is 35.5. The monoisotopic (exact) mass is 379 g/mol. The topological polar surface area (TPSA) is 66.4 Å². The lowest BCUT2D eigenvalue weighted by atomic mass is 10.0. The molecule has 0 spiro atoms. The quantitative estimate of drug-likeness (QED) is 0.479. The molecule has 0 unspecified atom stereocenters. The van der Waals surface area contributed by atoms with E-state index in [0.29, 0.717) is 10.6 Å². The fourth-order valence-electron chi connectivity index (χ4n) is 2.73. The minimum atomic E-state index is -0.357. The van der Waals surface area contributed by atoms with Gasteiger partial charge in [-0.2, -0.15) is 0 Å². The number of aromatic hydroxyl groups is 1. The van der Waals surface area contributed by atoms with E-state index in [0.717, 1.165) is 17.5 Å². The van der Waals surface area contributed by atoms with Crippen LogP contribution in [0.2, 0.25) is 5.02 Å². The van der Waals surface area contributed by atoms with Gasteiger partial charge in [-0.25, -0.2) is 0 Å². The summed E-state index contributed by atoms with van der Waals surface area (Å²) in [5.41, 5.74) is 3.03. The Morgan fingerprint density at radius 3 is 2.11 bits per heavy atom. The lowest BCUT2D eigenvalue weighted by Crippen LogP contribution is -2.12. The van der Waals surface area contributed by atoms with Gasteiger partial charge in [-0.3, -0.25) is 9.59 Å². The Morgan fingerprint density at radius 1 is 0.926 bits per heavy atom. The maximum absolute atomic E-state index is 12.4. The van der Waals surface area contributed by atoms with Gasteiger partial charge in [0.1, 0.15) is 5.75 Å². The van der Waals surface area contributed by atoms with Crippen LogP contribution < -0.4 is 5.32 Å². The molecule has 2 N–H and O–H groups in total. The predicted molar refractivity (Wildman–Crippen MR) is 107 cm³/mol. The van der Waals surface area contributed by atoms with Gasteiger partial charge in [0.2, 0.25) is 0 Å². The van der Waals surface area contributed by atoms with Crippen molar-refractivity contribution in [3.05, 3.63) is 94.0 Å². The van der Waals surface area contributed by atoms with E-state index in [1.165, 1.54) is 13.0 Å². The first-order valence-electron chi connectivity index (χ1n) is 8.41. The molecule has 0 aliphatic carbocycles. The second kappa shape index (κ2) is 8.06. The standard InChI is InChI=1S/C22H18ClNO3/c1-14(25)19-3-2-4-20(21(19)26)24-22(27)17-9-5-15(6-10-17)13-16-7-11-18(23)12-8-16/h2-12,26H,13H2,1H3,(H,24,27). The molecule has 0 aromatic heterocycles. The van der Waals surface area contributed by atoms with Gasteiger partial charge >= 0.3 is 0 Å². The molecular weight excluding hydrogens is 362 g/mol. The van der Waals surface area contributed by atoms with Gasteiger partial charge < -0.3 is 10.4 Å². The number of amides is 1. The highest BCUT2D eigenvalue weighted by Gasteiger charge is 2.13. The number of para-hydroxylation sites is 1. The zero-order valence-corrected chi connectivity index (χ0v) is 15.5. The van der Waals surface area contributed by atoms with E-state index in [1.54, 1.807) is 24.3 Å². The number of hydrogen-bond donors (Lipinski definition) is 2. The van der Waals surface area contributed by atoms with Crippen LogP contribution >= 0.6 is 11.6 Å². The molecule has 3 aromatic rings. The van der Waals surface area contributed by atoms with E-state index in [2.05, 4.69) is 5.32 Å². The van der Waals surface area contributed by atoms with E-state index in [1.807, 2.05) is 36.4 Å². The fraction of sp³-hybridized carbons (Fsp3) is 0.0909. The number of carbonyl (C=O) groups excluding carboxylic acids is 2. The molecule has 0 saturated carbocycles. The SMILES string of the molecule is CC(=O)c1cccc(NC(=O)c2ccc(Cc3ccc(Cl)cc3)cc2)c1O. The van der Waals surface area contributed by atoms with Gasteiger partial charge in [0.15, 0.2) is 5.78 Å². The fourth-order valence-corrected chi connectivity index (χ4v) is 2.86. The zero-order chi connectivity index (χ0) is 19.4. The Hall–Kier alpha value is -3.11. The Balaban J connectivity index is 1.72. The van der Waals surface area contributed by atoms with Crippen molar-refractivity contribution >= 4 is 29.0 Å². The third kappa shape index (κ3) is 4.54. The largest absolute Gasteiger partial charge is 0.505 e. The highest BCUT2D eigenvalue weighted by Crippen LogP contribution is 2.28. The van der Waals surface area contributed by atoms with Crippen LogP contribution in [0.5, 0.6) is 5.75 Å². The maximum Gasteiger partial charge on any atom is 0.255 e. The lowest BCUT2D eigenvalue weighted by Gasteiger charge is -2.10. The Kier molecular flexibility index (Phi) is 5.57. The molecule has 0 aliphatic rings. The summed E-state index contributed by atoms with van der Waals surface area (Å²) in [4.78, 5) is 23.9. The van der Waals surface area contributed by atoms with E-state index >= 15 is 0 Å². The summed E-state index contributed by atoms with van der Waals surface area (Å²) in [5, 5.41) is 13.5. The molecule has 27 heavy (non-hydrogen) atoms. The number of rotatable bonds is 5. The number of phenolic OH excluding ortho intramolecular Hbond substituents is 1. The van der Waals surface area contributed by atoms with Crippen molar-refractivity contribution in [1.29, 1.82) is 0 Å². The average molecular weight is 380 g/mol. The number of nitrogens with one attached hydrogen (secondary N) is 1. The molecule has 0 bridgehead atoms. The maximum atomic E-state index is 12.4.